The first-order chi connectivity index (χ1) is 16.7. The Labute approximate surface area is 205 Å². The van der Waals surface area contributed by atoms with Gasteiger partial charge in [0, 0.05) is 12.1 Å². The number of benzene rings is 2. The van der Waals surface area contributed by atoms with Crippen LogP contribution in [0, 0.1) is 0 Å². The van der Waals surface area contributed by atoms with Crippen LogP contribution >= 0.6 is 0 Å². The molecule has 0 aliphatic carbocycles. The third-order valence-electron chi connectivity index (χ3n) is 5.40. The number of aromatic nitrogens is 1. The Kier molecular flexibility index (Phi) is 6.87. The molecule has 2 heterocycles. The van der Waals surface area contributed by atoms with Crippen molar-refractivity contribution in [3.8, 4) is 22.8 Å². The summed E-state index contributed by atoms with van der Waals surface area (Å²) >= 11 is 0. The maximum Gasteiger partial charge on any atom is 0.410 e. The summed E-state index contributed by atoms with van der Waals surface area (Å²) in [6.07, 6.45) is 2.40. The first-order valence-corrected chi connectivity index (χ1v) is 11.5. The minimum Gasteiger partial charge on any atom is -0.457 e. The van der Waals surface area contributed by atoms with Gasteiger partial charge in [-0.3, -0.25) is 4.79 Å². The molecule has 1 aliphatic rings. The topological polar surface area (TPSA) is 94.8 Å². The van der Waals surface area contributed by atoms with Gasteiger partial charge in [0.25, 0.3) is 5.91 Å². The molecule has 2 amide bonds. The van der Waals surface area contributed by atoms with Crippen molar-refractivity contribution >= 4 is 17.6 Å². The zero-order valence-corrected chi connectivity index (χ0v) is 20.2. The molecule has 1 aliphatic heterocycles. The van der Waals surface area contributed by atoms with Crippen LogP contribution in [0.5, 0.6) is 11.5 Å². The van der Waals surface area contributed by atoms with Crippen molar-refractivity contribution in [1.29, 1.82) is 0 Å². The lowest BCUT2D eigenvalue weighted by molar-refractivity contribution is 0.0273. The van der Waals surface area contributed by atoms with Gasteiger partial charge in [-0.15, -0.1) is 0 Å². The minimum atomic E-state index is -0.566. The Hall–Kier alpha value is -4.13. The number of para-hydroxylation sites is 1. The van der Waals surface area contributed by atoms with Gasteiger partial charge in [-0.1, -0.05) is 24.3 Å². The van der Waals surface area contributed by atoms with Crippen molar-refractivity contribution in [1.82, 2.24) is 9.88 Å². The average molecular weight is 472 g/mol. The van der Waals surface area contributed by atoms with Crippen LogP contribution in [0.25, 0.3) is 16.8 Å². The largest absolute Gasteiger partial charge is 0.457 e. The van der Waals surface area contributed by atoms with E-state index in [2.05, 4.69) is 6.08 Å². The molecule has 0 unspecified atom stereocenters. The predicted molar refractivity (Wildman–Crippen MR) is 135 cm³/mol. The van der Waals surface area contributed by atoms with Crippen molar-refractivity contribution in [3.63, 3.8) is 0 Å². The van der Waals surface area contributed by atoms with E-state index >= 15 is 0 Å². The molecule has 35 heavy (non-hydrogen) atoms. The van der Waals surface area contributed by atoms with Crippen molar-refractivity contribution in [3.05, 3.63) is 84.1 Å². The van der Waals surface area contributed by atoms with Crippen LogP contribution in [0.1, 0.15) is 43.2 Å². The van der Waals surface area contributed by atoms with Crippen molar-refractivity contribution in [2.75, 3.05) is 13.1 Å². The van der Waals surface area contributed by atoms with E-state index in [-0.39, 0.29) is 6.09 Å². The standard InChI is InChI=1S/C28H29N3O4/c1-28(2,3)35-27(33)31-17-7-8-20(18-31)24-16-15-23(26(29)32)25(30-24)19-11-13-22(14-12-19)34-21-9-5-4-6-10-21/h4-6,8-16H,7,17-18H2,1-3H3,(H2,29,32). The number of nitrogens with zero attached hydrogens (tertiary/aromatic N) is 2. The summed E-state index contributed by atoms with van der Waals surface area (Å²) in [4.78, 5) is 31.2. The molecule has 3 aromatic rings. The molecule has 0 spiro atoms. The number of carbonyl (C=O) groups excluding carboxylic acids is 2. The fraction of sp³-hybridized carbons (Fsp3) is 0.250. The van der Waals surface area contributed by atoms with E-state index < -0.39 is 11.5 Å². The van der Waals surface area contributed by atoms with Gasteiger partial charge >= 0.3 is 6.09 Å². The first kappa shape index (κ1) is 24.0. The van der Waals surface area contributed by atoms with Gasteiger partial charge in [-0.2, -0.15) is 0 Å². The number of rotatable bonds is 5. The number of hydrogen-bond donors (Lipinski definition) is 1. The van der Waals surface area contributed by atoms with Gasteiger partial charge in [-0.05, 0) is 81.3 Å². The summed E-state index contributed by atoms with van der Waals surface area (Å²) < 4.78 is 11.4. The van der Waals surface area contributed by atoms with Gasteiger partial charge in [0.2, 0.25) is 0 Å². The number of primary amides is 1. The molecule has 0 atom stereocenters. The lowest BCUT2D eigenvalue weighted by Gasteiger charge is -2.30. The second-order valence-electron chi connectivity index (χ2n) is 9.32. The first-order valence-electron chi connectivity index (χ1n) is 11.5. The van der Waals surface area contributed by atoms with Crippen LogP contribution < -0.4 is 10.5 Å². The maximum atomic E-state index is 12.6. The molecule has 0 bridgehead atoms. The molecule has 0 saturated heterocycles. The number of amides is 2. The predicted octanol–water partition coefficient (Wildman–Crippen LogP) is 5.66. The third kappa shape index (κ3) is 6.06. The van der Waals surface area contributed by atoms with E-state index in [9.17, 15) is 9.59 Å². The summed E-state index contributed by atoms with van der Waals surface area (Å²) in [6.45, 7) is 6.49. The molecule has 7 heteroatoms. The lowest BCUT2D eigenvalue weighted by Crippen LogP contribution is -2.39. The van der Waals surface area contributed by atoms with Gasteiger partial charge in [-0.25, -0.2) is 9.78 Å². The molecular weight excluding hydrogens is 442 g/mol. The monoisotopic (exact) mass is 471 g/mol. The molecule has 180 valence electrons. The number of hydrogen-bond acceptors (Lipinski definition) is 5. The Morgan fingerprint density at radius 1 is 0.943 bits per heavy atom. The zero-order chi connectivity index (χ0) is 25.0. The number of ether oxygens (including phenoxy) is 2. The van der Waals surface area contributed by atoms with Crippen molar-refractivity contribution < 1.29 is 19.1 Å². The Balaban J connectivity index is 1.59. The second kappa shape index (κ2) is 10.0. The highest BCUT2D eigenvalue weighted by molar-refractivity contribution is 5.99. The highest BCUT2D eigenvalue weighted by Gasteiger charge is 2.25. The van der Waals surface area contributed by atoms with Gasteiger partial charge < -0.3 is 20.1 Å². The maximum absolute atomic E-state index is 12.6. The van der Waals surface area contributed by atoms with Crippen molar-refractivity contribution in [2.24, 2.45) is 5.73 Å². The van der Waals surface area contributed by atoms with Gasteiger partial charge in [0.1, 0.15) is 17.1 Å². The van der Waals surface area contributed by atoms with E-state index in [1.807, 2.05) is 75.4 Å². The smallest absolute Gasteiger partial charge is 0.410 e. The SMILES string of the molecule is CC(C)(C)OC(=O)N1CCC=C(c2ccc(C(N)=O)c(-c3ccc(Oc4ccccc4)cc3)n2)C1. The summed E-state index contributed by atoms with van der Waals surface area (Å²) in [6, 6.07) is 20.3. The normalized spacial score (nSPS) is 13.7. The fourth-order valence-electron chi connectivity index (χ4n) is 3.77. The Morgan fingerprint density at radius 3 is 2.29 bits per heavy atom. The fourth-order valence-corrected chi connectivity index (χ4v) is 3.77. The second-order valence-corrected chi connectivity index (χ2v) is 9.32. The quantitative estimate of drug-likeness (QED) is 0.518. The van der Waals surface area contributed by atoms with E-state index in [0.717, 1.165) is 16.9 Å². The molecule has 0 fully saturated rings. The van der Waals surface area contributed by atoms with E-state index in [0.29, 0.717) is 42.2 Å². The molecule has 2 N–H and O–H groups in total. The Morgan fingerprint density at radius 2 is 1.63 bits per heavy atom. The van der Waals surface area contributed by atoms with Gasteiger partial charge in [0.05, 0.1) is 23.5 Å². The highest BCUT2D eigenvalue weighted by Crippen LogP contribution is 2.29. The Bertz CT molecular complexity index is 1250. The lowest BCUT2D eigenvalue weighted by atomic mass is 10.0. The van der Waals surface area contributed by atoms with Crippen molar-refractivity contribution in [2.45, 2.75) is 32.8 Å². The molecule has 4 rings (SSSR count). The third-order valence-corrected chi connectivity index (χ3v) is 5.40. The van der Waals surface area contributed by atoms with Crippen LogP contribution in [-0.4, -0.2) is 40.6 Å². The highest BCUT2D eigenvalue weighted by atomic mass is 16.6. The zero-order valence-electron chi connectivity index (χ0n) is 20.2. The average Bonchev–Trinajstić information content (AvgIpc) is 2.84. The van der Waals surface area contributed by atoms with E-state index in [1.165, 1.54) is 0 Å². The molecule has 0 saturated carbocycles. The molecule has 2 aromatic carbocycles. The minimum absolute atomic E-state index is 0.325. The summed E-state index contributed by atoms with van der Waals surface area (Å²) in [5, 5.41) is 0. The molecule has 0 radical (unpaired) electrons. The van der Waals surface area contributed by atoms with Crippen LogP contribution in [0.4, 0.5) is 4.79 Å². The number of pyridine rings is 1. The van der Waals surface area contributed by atoms with Crippen LogP contribution in [0.2, 0.25) is 0 Å². The van der Waals surface area contributed by atoms with E-state index in [1.54, 1.807) is 17.0 Å². The molecular formula is C28H29N3O4. The van der Waals surface area contributed by atoms with Crippen LogP contribution in [0.15, 0.2) is 72.8 Å². The summed E-state index contributed by atoms with van der Waals surface area (Å²) in [5.74, 6) is 0.841. The van der Waals surface area contributed by atoms with Gasteiger partial charge in [0.15, 0.2) is 0 Å². The van der Waals surface area contributed by atoms with Crippen LogP contribution in [0.3, 0.4) is 0 Å². The molecule has 1 aromatic heterocycles. The summed E-state index contributed by atoms with van der Waals surface area (Å²) in [5.41, 5.74) is 8.20. The van der Waals surface area contributed by atoms with E-state index in [4.69, 9.17) is 20.2 Å². The molecule has 7 nitrogen and oxygen atoms in total. The summed E-state index contributed by atoms with van der Waals surface area (Å²) in [7, 11) is 0. The number of nitrogens with two attached hydrogens (primary N) is 1. The number of carbonyl (C=O) groups is 2. The van der Waals surface area contributed by atoms with Crippen LogP contribution in [-0.2, 0) is 4.74 Å².